The summed E-state index contributed by atoms with van der Waals surface area (Å²) in [7, 11) is 0. The molecule has 0 aliphatic rings. The maximum atomic E-state index is 12.7. The van der Waals surface area contributed by atoms with Crippen molar-refractivity contribution in [1.29, 1.82) is 0 Å². The molecule has 1 unspecified atom stereocenters. The van der Waals surface area contributed by atoms with Gasteiger partial charge in [0.05, 0.1) is 0 Å². The third kappa shape index (κ3) is 40.6. The van der Waals surface area contributed by atoms with Crippen molar-refractivity contribution in [3.05, 3.63) is 48.6 Å². The lowest BCUT2D eigenvalue weighted by Crippen LogP contribution is -2.30. The highest BCUT2D eigenvalue weighted by Crippen LogP contribution is 2.14. The maximum Gasteiger partial charge on any atom is 0.306 e. The van der Waals surface area contributed by atoms with Gasteiger partial charge in [0.2, 0.25) is 0 Å². The summed E-state index contributed by atoms with van der Waals surface area (Å²) in [6, 6.07) is 0. The molecule has 0 aromatic carbocycles. The van der Waals surface area contributed by atoms with E-state index < -0.39 is 6.10 Å². The number of rotatable bonds is 40. The smallest absolute Gasteiger partial charge is 0.306 e. The second-order valence-electron chi connectivity index (χ2n) is 15.0. The van der Waals surface area contributed by atoms with E-state index in [9.17, 15) is 14.4 Å². The molecule has 0 aliphatic heterocycles. The molecule has 312 valence electrons. The van der Waals surface area contributed by atoms with Gasteiger partial charge in [0, 0.05) is 19.3 Å². The Morgan fingerprint density at radius 3 is 1.30 bits per heavy atom. The average molecular weight is 757 g/mol. The maximum absolute atomic E-state index is 12.7. The number of esters is 3. The number of unbranched alkanes of at least 4 members (excludes halogenated alkanes) is 22. The molecule has 0 heterocycles. The van der Waals surface area contributed by atoms with Gasteiger partial charge in [-0.15, -0.1) is 0 Å². The summed E-state index contributed by atoms with van der Waals surface area (Å²) >= 11 is 0. The minimum atomic E-state index is -0.786. The first-order chi connectivity index (χ1) is 26.5. The van der Waals surface area contributed by atoms with Gasteiger partial charge in [-0.1, -0.05) is 185 Å². The van der Waals surface area contributed by atoms with Crippen molar-refractivity contribution < 1.29 is 28.6 Å². The van der Waals surface area contributed by atoms with E-state index >= 15 is 0 Å². The number of carbonyl (C=O) groups excluding carboxylic acids is 3. The van der Waals surface area contributed by atoms with Gasteiger partial charge in [-0.05, 0) is 64.2 Å². The zero-order valence-electron chi connectivity index (χ0n) is 35.5. The zero-order valence-corrected chi connectivity index (χ0v) is 35.5. The Bertz CT molecular complexity index is 964. The van der Waals surface area contributed by atoms with Gasteiger partial charge in [-0.2, -0.15) is 0 Å². The van der Waals surface area contributed by atoms with E-state index in [0.717, 1.165) is 103 Å². The monoisotopic (exact) mass is 757 g/mol. The number of hydrogen-bond acceptors (Lipinski definition) is 6. The van der Waals surface area contributed by atoms with Crippen LogP contribution >= 0.6 is 0 Å². The molecule has 0 radical (unpaired) electrons. The first kappa shape index (κ1) is 51.4. The van der Waals surface area contributed by atoms with E-state index in [-0.39, 0.29) is 31.1 Å². The van der Waals surface area contributed by atoms with Gasteiger partial charge < -0.3 is 14.2 Å². The molecule has 54 heavy (non-hydrogen) atoms. The number of allylic oxidation sites excluding steroid dienone is 8. The molecule has 0 aliphatic carbocycles. The predicted molar refractivity (Wildman–Crippen MR) is 229 cm³/mol. The van der Waals surface area contributed by atoms with Crippen LogP contribution in [0.2, 0.25) is 0 Å². The van der Waals surface area contributed by atoms with Gasteiger partial charge in [-0.3, -0.25) is 14.4 Å². The largest absolute Gasteiger partial charge is 0.462 e. The molecule has 0 bridgehead atoms. The normalized spacial score (nSPS) is 12.4. The number of ether oxygens (including phenoxy) is 3. The van der Waals surface area contributed by atoms with E-state index in [0.29, 0.717) is 19.3 Å². The minimum Gasteiger partial charge on any atom is -0.462 e. The predicted octanol–water partition coefficient (Wildman–Crippen LogP) is 14.4. The van der Waals surface area contributed by atoms with Gasteiger partial charge in [0.1, 0.15) is 13.2 Å². The fraction of sp³-hybridized carbons (Fsp3) is 0.771. The Morgan fingerprint density at radius 1 is 0.407 bits per heavy atom. The van der Waals surface area contributed by atoms with Crippen LogP contribution in [0.25, 0.3) is 0 Å². The lowest BCUT2D eigenvalue weighted by molar-refractivity contribution is -0.167. The molecule has 0 saturated heterocycles. The standard InChI is InChI=1S/C48H84O6/c1-4-7-10-13-16-19-22-24-27-29-32-35-38-41-47(50)53-44-45(43-52-46(49)40-37-34-31-28-25-21-18-15-12-9-6-3)54-48(51)42-39-36-33-30-26-23-20-17-14-11-8-5-2/h8,11,15,17-18,20-21,25,45H,4-7,9-10,12-14,16,19,22-24,26-44H2,1-3H3/b11-8-,18-15-,20-17-,25-21-. The molecule has 0 saturated carbocycles. The van der Waals surface area contributed by atoms with Crippen LogP contribution in [0.4, 0.5) is 0 Å². The van der Waals surface area contributed by atoms with Crippen molar-refractivity contribution in [3.63, 3.8) is 0 Å². The highest BCUT2D eigenvalue weighted by molar-refractivity contribution is 5.71. The van der Waals surface area contributed by atoms with Gasteiger partial charge in [0.15, 0.2) is 6.10 Å². The van der Waals surface area contributed by atoms with E-state index in [1.165, 1.54) is 77.0 Å². The van der Waals surface area contributed by atoms with Crippen LogP contribution in [0.1, 0.15) is 220 Å². The van der Waals surface area contributed by atoms with Crippen molar-refractivity contribution in [2.24, 2.45) is 0 Å². The molecular formula is C48H84O6. The van der Waals surface area contributed by atoms with Crippen molar-refractivity contribution in [3.8, 4) is 0 Å². The number of carbonyl (C=O) groups is 3. The molecule has 6 heteroatoms. The van der Waals surface area contributed by atoms with Crippen LogP contribution in [0, 0.1) is 0 Å². The van der Waals surface area contributed by atoms with E-state index in [1.807, 2.05) is 0 Å². The second-order valence-corrected chi connectivity index (χ2v) is 15.0. The molecule has 0 spiro atoms. The zero-order chi connectivity index (χ0) is 39.4. The summed E-state index contributed by atoms with van der Waals surface area (Å²) in [5, 5.41) is 0. The van der Waals surface area contributed by atoms with Crippen molar-refractivity contribution in [1.82, 2.24) is 0 Å². The van der Waals surface area contributed by atoms with Gasteiger partial charge >= 0.3 is 17.9 Å². The van der Waals surface area contributed by atoms with Crippen LogP contribution in [-0.2, 0) is 28.6 Å². The van der Waals surface area contributed by atoms with Crippen LogP contribution in [0.15, 0.2) is 48.6 Å². The summed E-state index contributed by atoms with van der Waals surface area (Å²) in [6.07, 6.45) is 49.5. The average Bonchev–Trinajstić information content (AvgIpc) is 3.17. The third-order valence-electron chi connectivity index (χ3n) is 9.60. The van der Waals surface area contributed by atoms with Crippen LogP contribution in [0.3, 0.4) is 0 Å². The first-order valence-corrected chi connectivity index (χ1v) is 22.7. The molecule has 0 N–H and O–H groups in total. The fourth-order valence-electron chi connectivity index (χ4n) is 6.16. The van der Waals surface area contributed by atoms with E-state index in [2.05, 4.69) is 69.4 Å². The molecule has 0 aromatic heterocycles. The Morgan fingerprint density at radius 2 is 0.796 bits per heavy atom. The number of hydrogen-bond donors (Lipinski definition) is 0. The first-order valence-electron chi connectivity index (χ1n) is 22.7. The van der Waals surface area contributed by atoms with Gasteiger partial charge in [-0.25, -0.2) is 0 Å². The Balaban J connectivity index is 4.42. The second kappa shape index (κ2) is 43.1. The lowest BCUT2D eigenvalue weighted by Gasteiger charge is -2.18. The summed E-state index contributed by atoms with van der Waals surface area (Å²) in [4.78, 5) is 37.7. The SMILES string of the molecule is CC/C=C\C/C=C\CCCCCCCC(=O)OC(COC(=O)CCCCC/C=C\C=C/CCCC)COC(=O)CCCCCCCCCCCCCCC. The van der Waals surface area contributed by atoms with Crippen molar-refractivity contribution in [2.45, 2.75) is 226 Å². The van der Waals surface area contributed by atoms with E-state index in [1.54, 1.807) is 0 Å². The minimum absolute atomic E-state index is 0.0860. The van der Waals surface area contributed by atoms with Crippen LogP contribution < -0.4 is 0 Å². The topological polar surface area (TPSA) is 78.9 Å². The molecular weight excluding hydrogens is 673 g/mol. The van der Waals surface area contributed by atoms with E-state index in [4.69, 9.17) is 14.2 Å². The third-order valence-corrected chi connectivity index (χ3v) is 9.60. The van der Waals surface area contributed by atoms with Crippen molar-refractivity contribution >= 4 is 17.9 Å². The summed E-state index contributed by atoms with van der Waals surface area (Å²) in [6.45, 7) is 6.43. The Labute approximate surface area is 333 Å². The van der Waals surface area contributed by atoms with Crippen LogP contribution in [0.5, 0.6) is 0 Å². The lowest BCUT2D eigenvalue weighted by atomic mass is 10.0. The summed E-state index contributed by atoms with van der Waals surface area (Å²) in [5.74, 6) is -0.931. The molecule has 0 aromatic rings. The fourth-order valence-corrected chi connectivity index (χ4v) is 6.16. The summed E-state index contributed by atoms with van der Waals surface area (Å²) in [5.41, 5.74) is 0. The Kier molecular flexibility index (Phi) is 41.0. The quantitative estimate of drug-likeness (QED) is 0.0204. The highest BCUT2D eigenvalue weighted by atomic mass is 16.6. The molecule has 6 nitrogen and oxygen atoms in total. The van der Waals surface area contributed by atoms with Crippen molar-refractivity contribution in [2.75, 3.05) is 13.2 Å². The Hall–Kier alpha value is -2.63. The molecule has 0 fully saturated rings. The molecule has 0 amide bonds. The van der Waals surface area contributed by atoms with Gasteiger partial charge in [0.25, 0.3) is 0 Å². The van der Waals surface area contributed by atoms with Crippen LogP contribution in [-0.4, -0.2) is 37.2 Å². The highest BCUT2D eigenvalue weighted by Gasteiger charge is 2.19. The summed E-state index contributed by atoms with van der Waals surface area (Å²) < 4.78 is 16.7. The molecule has 0 rings (SSSR count). The molecule has 1 atom stereocenters.